The molecule has 0 saturated carbocycles. The van der Waals surface area contributed by atoms with Gasteiger partial charge in [-0.05, 0) is 105 Å². The van der Waals surface area contributed by atoms with E-state index in [2.05, 4.69) is 279 Å². The van der Waals surface area contributed by atoms with Crippen molar-refractivity contribution in [2.24, 2.45) is 0 Å². The van der Waals surface area contributed by atoms with Crippen LogP contribution in [-0.2, 0) is 10.8 Å². The summed E-state index contributed by atoms with van der Waals surface area (Å²) in [5.41, 5.74) is 21.4. The number of para-hydroxylation sites is 3. The number of benzene rings is 10. The van der Waals surface area contributed by atoms with Crippen LogP contribution >= 0.6 is 0 Å². The quantitative estimate of drug-likeness (QED) is 0.160. The van der Waals surface area contributed by atoms with Crippen molar-refractivity contribution in [3.63, 3.8) is 0 Å². The Kier molecular flexibility index (Phi) is 10.7. The molecule has 3 heterocycles. The number of hydrogen-bond donors (Lipinski definition) is 0. The third kappa shape index (κ3) is 7.27. The summed E-state index contributed by atoms with van der Waals surface area (Å²) >= 11 is 0. The first-order valence-corrected chi connectivity index (χ1v) is 25.7. The molecule has 1 aliphatic carbocycles. The fourth-order valence-corrected chi connectivity index (χ4v) is 12.2. The Labute approximate surface area is 438 Å². The van der Waals surface area contributed by atoms with Crippen LogP contribution in [0.2, 0.25) is 0 Å². The standard InChI is InChI=1S/C70H52N4.CH4/c1-69(2)56-38-36-51(61-44-60(49-32-28-47(29-33-49)45-18-8-5-9-19-45)71-68(72-61)50-34-30-48(31-35-50)46-20-10-6-11-21-46)42-58(56)70(3,4)59-43-53(37-39-57(59)69)74-63-27-17-15-25-55(63)67-65(74)41-40-64-66(67)54-24-14-16-26-62(54)73(64)52-22-12-7-13-23-52;/h5-44H,1-4H3;1H4. The molecule has 4 heteroatoms. The van der Waals surface area contributed by atoms with Crippen molar-refractivity contribution in [2.75, 3.05) is 0 Å². The van der Waals surface area contributed by atoms with Crippen LogP contribution in [0, 0.1) is 0 Å². The van der Waals surface area contributed by atoms with E-state index in [1.807, 2.05) is 0 Å². The number of fused-ring (bicyclic) bond motifs is 9. The average molecular weight is 965 g/mol. The van der Waals surface area contributed by atoms with Gasteiger partial charge in [-0.1, -0.05) is 217 Å². The van der Waals surface area contributed by atoms with Gasteiger partial charge < -0.3 is 9.13 Å². The molecule has 0 fully saturated rings. The molecule has 13 aromatic rings. The smallest absolute Gasteiger partial charge is 0.160 e. The van der Waals surface area contributed by atoms with E-state index in [-0.39, 0.29) is 18.3 Å². The summed E-state index contributed by atoms with van der Waals surface area (Å²) in [7, 11) is 0. The molecule has 4 nitrogen and oxygen atoms in total. The predicted molar refractivity (Wildman–Crippen MR) is 315 cm³/mol. The van der Waals surface area contributed by atoms with Gasteiger partial charge in [-0.25, -0.2) is 9.97 Å². The Morgan fingerprint density at radius 1 is 0.293 bits per heavy atom. The number of rotatable bonds is 7. The summed E-state index contributed by atoms with van der Waals surface area (Å²) in [4.78, 5) is 10.7. The summed E-state index contributed by atoms with van der Waals surface area (Å²) in [6, 6.07) is 88.1. The zero-order valence-corrected chi connectivity index (χ0v) is 41.9. The first-order valence-electron chi connectivity index (χ1n) is 25.7. The zero-order chi connectivity index (χ0) is 49.7. The van der Waals surface area contributed by atoms with Gasteiger partial charge in [0, 0.05) is 60.4 Å². The van der Waals surface area contributed by atoms with Crippen LogP contribution in [0.5, 0.6) is 0 Å². The predicted octanol–water partition coefficient (Wildman–Crippen LogP) is 18.6. The fourth-order valence-electron chi connectivity index (χ4n) is 12.2. The molecule has 1 aliphatic rings. The summed E-state index contributed by atoms with van der Waals surface area (Å²) in [5, 5.41) is 5.06. The number of hydrogen-bond acceptors (Lipinski definition) is 2. The van der Waals surface area contributed by atoms with Gasteiger partial charge in [0.25, 0.3) is 0 Å². The highest BCUT2D eigenvalue weighted by atomic mass is 15.0. The van der Waals surface area contributed by atoms with Gasteiger partial charge in [-0.15, -0.1) is 0 Å². The maximum Gasteiger partial charge on any atom is 0.160 e. The zero-order valence-electron chi connectivity index (χ0n) is 41.9. The second kappa shape index (κ2) is 17.5. The molecule has 0 unspecified atom stereocenters. The lowest BCUT2D eigenvalue weighted by atomic mass is 9.59. The Morgan fingerprint density at radius 3 is 1.25 bits per heavy atom. The maximum absolute atomic E-state index is 5.39. The van der Waals surface area contributed by atoms with Crippen LogP contribution in [0.25, 0.3) is 111 Å². The van der Waals surface area contributed by atoms with Crippen molar-refractivity contribution < 1.29 is 0 Å². The highest BCUT2D eigenvalue weighted by molar-refractivity contribution is 6.29. The minimum absolute atomic E-state index is 0. The van der Waals surface area contributed by atoms with Crippen molar-refractivity contribution in [3.8, 4) is 67.5 Å². The van der Waals surface area contributed by atoms with E-state index in [0.29, 0.717) is 5.82 Å². The minimum atomic E-state index is -0.347. The second-order valence-electron chi connectivity index (χ2n) is 21.0. The third-order valence-corrected chi connectivity index (χ3v) is 16.0. The lowest BCUT2D eigenvalue weighted by molar-refractivity contribution is 0.520. The van der Waals surface area contributed by atoms with Gasteiger partial charge in [-0.3, -0.25) is 0 Å². The van der Waals surface area contributed by atoms with Crippen LogP contribution in [-0.4, -0.2) is 19.1 Å². The Hall–Kier alpha value is -9.12. The lowest BCUT2D eigenvalue weighted by Gasteiger charge is -2.44. The van der Waals surface area contributed by atoms with E-state index in [1.165, 1.54) is 82.6 Å². The molecule has 0 N–H and O–H groups in total. The van der Waals surface area contributed by atoms with Gasteiger partial charge in [0.15, 0.2) is 5.82 Å². The average Bonchev–Trinajstić information content (AvgIpc) is 4.09. The van der Waals surface area contributed by atoms with E-state index < -0.39 is 0 Å². The number of nitrogens with zero attached hydrogens (tertiary/aromatic N) is 4. The highest BCUT2D eigenvalue weighted by Crippen LogP contribution is 2.52. The molecular weight excluding hydrogens is 909 g/mol. The van der Waals surface area contributed by atoms with E-state index >= 15 is 0 Å². The van der Waals surface area contributed by atoms with Crippen molar-refractivity contribution in [3.05, 3.63) is 265 Å². The third-order valence-electron chi connectivity index (χ3n) is 16.0. The molecule has 3 aromatic heterocycles. The molecule has 0 amide bonds. The molecule has 14 rings (SSSR count). The molecule has 0 saturated heterocycles. The van der Waals surface area contributed by atoms with Gasteiger partial charge in [-0.2, -0.15) is 0 Å². The van der Waals surface area contributed by atoms with E-state index in [4.69, 9.17) is 9.97 Å². The second-order valence-corrected chi connectivity index (χ2v) is 21.0. The summed E-state index contributed by atoms with van der Waals surface area (Å²) < 4.78 is 4.91. The van der Waals surface area contributed by atoms with Crippen LogP contribution in [0.15, 0.2) is 243 Å². The van der Waals surface area contributed by atoms with Crippen LogP contribution in [0.1, 0.15) is 57.4 Å². The van der Waals surface area contributed by atoms with E-state index in [1.54, 1.807) is 0 Å². The topological polar surface area (TPSA) is 35.6 Å². The SMILES string of the molecule is C.CC1(C)c2ccc(-c3cc(-c4ccc(-c5ccccc5)cc4)nc(-c4ccc(-c5ccccc5)cc4)n3)cc2C(C)(C)c2cc(-n3c4ccccc4c4c5c6ccccc6n(-c6ccccc6)c5ccc43)ccc21. The van der Waals surface area contributed by atoms with Crippen LogP contribution < -0.4 is 0 Å². The summed E-state index contributed by atoms with van der Waals surface area (Å²) in [5.74, 6) is 0.699. The molecule has 10 aromatic carbocycles. The first-order chi connectivity index (χ1) is 36.2. The van der Waals surface area contributed by atoms with Gasteiger partial charge in [0.2, 0.25) is 0 Å². The highest BCUT2D eigenvalue weighted by Gasteiger charge is 2.42. The lowest BCUT2D eigenvalue weighted by Crippen LogP contribution is -2.36. The van der Waals surface area contributed by atoms with Crippen molar-refractivity contribution in [1.29, 1.82) is 0 Å². The molecule has 0 atom stereocenters. The summed E-state index contributed by atoms with van der Waals surface area (Å²) in [6.45, 7) is 9.58. The van der Waals surface area contributed by atoms with Crippen molar-refractivity contribution in [2.45, 2.75) is 46.0 Å². The minimum Gasteiger partial charge on any atom is -0.309 e. The van der Waals surface area contributed by atoms with Gasteiger partial charge >= 0.3 is 0 Å². The fraction of sp³-hybridized carbons (Fsp3) is 0.0986. The normalized spacial score (nSPS) is 13.4. The molecular formula is C71H56N4. The van der Waals surface area contributed by atoms with Crippen molar-refractivity contribution >= 4 is 43.6 Å². The molecule has 0 bridgehead atoms. The van der Waals surface area contributed by atoms with Gasteiger partial charge in [0.1, 0.15) is 0 Å². The Morgan fingerprint density at radius 2 is 0.693 bits per heavy atom. The van der Waals surface area contributed by atoms with Crippen LogP contribution in [0.4, 0.5) is 0 Å². The van der Waals surface area contributed by atoms with Crippen molar-refractivity contribution in [1.82, 2.24) is 19.1 Å². The Bertz CT molecular complexity index is 4210. The van der Waals surface area contributed by atoms with E-state index in [9.17, 15) is 0 Å². The first kappa shape index (κ1) is 45.7. The molecule has 360 valence electrons. The van der Waals surface area contributed by atoms with E-state index in [0.717, 1.165) is 45.0 Å². The number of aromatic nitrogens is 4. The monoisotopic (exact) mass is 964 g/mol. The molecule has 75 heavy (non-hydrogen) atoms. The maximum atomic E-state index is 5.39. The molecule has 0 aliphatic heterocycles. The molecule has 0 spiro atoms. The molecule has 0 radical (unpaired) electrons. The van der Waals surface area contributed by atoms with Gasteiger partial charge in [0.05, 0.1) is 33.5 Å². The summed E-state index contributed by atoms with van der Waals surface area (Å²) in [6.07, 6.45) is 0. The Balaban J connectivity index is 0.00000541. The van der Waals surface area contributed by atoms with Crippen LogP contribution in [0.3, 0.4) is 0 Å². The largest absolute Gasteiger partial charge is 0.309 e.